The Bertz CT molecular complexity index is 314. The van der Waals surface area contributed by atoms with Gasteiger partial charge in [-0.2, -0.15) is 0 Å². The molecule has 1 N–H and O–H groups in total. The van der Waals surface area contributed by atoms with Gasteiger partial charge in [0.2, 0.25) is 0 Å². The molecule has 0 atom stereocenters. The van der Waals surface area contributed by atoms with Crippen molar-refractivity contribution in [3.05, 3.63) is 40.1 Å². The lowest BCUT2D eigenvalue weighted by Gasteiger charge is -2.03. The average Bonchev–Trinajstić information content (AvgIpc) is 2.12. The Morgan fingerprint density at radius 1 is 1.54 bits per heavy atom. The van der Waals surface area contributed by atoms with E-state index in [1.54, 1.807) is 18.2 Å². The minimum Gasteiger partial charge on any atom is -0.381 e. The normalized spacial score (nSPS) is 10.7. The molecule has 0 unspecified atom stereocenters. The van der Waals surface area contributed by atoms with Gasteiger partial charge in [0.25, 0.3) is 0 Å². The summed E-state index contributed by atoms with van der Waals surface area (Å²) < 4.78 is 13.2. The van der Waals surface area contributed by atoms with E-state index in [9.17, 15) is 4.39 Å². The standard InChI is InChI=1S/C9H8BrClFN/c10-8-6-7(2-3-9(8)12)13-5-1-4-11/h1-4,6,13H,5H2/b4-1+. The van der Waals surface area contributed by atoms with Gasteiger partial charge in [-0.1, -0.05) is 17.7 Å². The van der Waals surface area contributed by atoms with Crippen LogP contribution in [-0.4, -0.2) is 6.54 Å². The maximum atomic E-state index is 12.8. The highest BCUT2D eigenvalue weighted by Crippen LogP contribution is 2.19. The number of benzene rings is 1. The van der Waals surface area contributed by atoms with Crippen LogP contribution in [0.25, 0.3) is 0 Å². The molecular formula is C9H8BrClFN. The minimum atomic E-state index is -0.265. The molecule has 0 aliphatic rings. The third-order valence-electron chi connectivity index (χ3n) is 1.43. The lowest BCUT2D eigenvalue weighted by molar-refractivity contribution is 0.621. The molecule has 1 nitrogen and oxygen atoms in total. The maximum absolute atomic E-state index is 12.8. The third-order valence-corrected chi connectivity index (χ3v) is 2.22. The van der Waals surface area contributed by atoms with Gasteiger partial charge in [-0.3, -0.25) is 0 Å². The van der Waals surface area contributed by atoms with Crippen molar-refractivity contribution < 1.29 is 4.39 Å². The quantitative estimate of drug-likeness (QED) is 0.877. The van der Waals surface area contributed by atoms with E-state index in [0.717, 1.165) is 5.69 Å². The zero-order valence-electron chi connectivity index (χ0n) is 6.73. The van der Waals surface area contributed by atoms with E-state index in [2.05, 4.69) is 21.2 Å². The van der Waals surface area contributed by atoms with Gasteiger partial charge in [0.05, 0.1) is 4.47 Å². The predicted molar refractivity (Wildman–Crippen MR) is 57.6 cm³/mol. The molecule has 13 heavy (non-hydrogen) atoms. The first-order valence-corrected chi connectivity index (χ1v) is 4.91. The Hall–Kier alpha value is -0.540. The van der Waals surface area contributed by atoms with Crippen molar-refractivity contribution >= 4 is 33.2 Å². The summed E-state index contributed by atoms with van der Waals surface area (Å²) in [6.07, 6.45) is 1.76. The van der Waals surface area contributed by atoms with Crippen LogP contribution < -0.4 is 5.32 Å². The van der Waals surface area contributed by atoms with E-state index >= 15 is 0 Å². The van der Waals surface area contributed by atoms with Crippen molar-refractivity contribution in [2.45, 2.75) is 0 Å². The first-order valence-electron chi connectivity index (χ1n) is 3.68. The molecule has 0 fully saturated rings. The molecular weight excluding hydrogens is 256 g/mol. The van der Waals surface area contributed by atoms with Gasteiger partial charge in [0, 0.05) is 17.8 Å². The fraction of sp³-hybridized carbons (Fsp3) is 0.111. The molecule has 0 saturated heterocycles. The van der Waals surface area contributed by atoms with Crippen LogP contribution in [0.1, 0.15) is 0 Å². The van der Waals surface area contributed by atoms with Crippen molar-refractivity contribution in [2.24, 2.45) is 0 Å². The van der Waals surface area contributed by atoms with E-state index in [1.165, 1.54) is 11.6 Å². The highest BCUT2D eigenvalue weighted by molar-refractivity contribution is 9.10. The van der Waals surface area contributed by atoms with Gasteiger partial charge < -0.3 is 5.32 Å². The third kappa shape index (κ3) is 3.36. The number of nitrogens with one attached hydrogen (secondary N) is 1. The van der Waals surface area contributed by atoms with Crippen molar-refractivity contribution in [2.75, 3.05) is 11.9 Å². The zero-order valence-corrected chi connectivity index (χ0v) is 9.07. The summed E-state index contributed by atoms with van der Waals surface area (Å²) in [5, 5.41) is 3.05. The van der Waals surface area contributed by atoms with Crippen molar-refractivity contribution in [1.82, 2.24) is 0 Å². The molecule has 4 heteroatoms. The zero-order chi connectivity index (χ0) is 9.68. The molecule has 0 radical (unpaired) electrons. The van der Waals surface area contributed by atoms with Crippen LogP contribution in [0.15, 0.2) is 34.3 Å². The number of anilines is 1. The Labute approximate surface area is 89.7 Å². The lowest BCUT2D eigenvalue weighted by Crippen LogP contribution is -1.97. The molecule has 1 aromatic carbocycles. The summed E-state index contributed by atoms with van der Waals surface area (Å²) in [7, 11) is 0. The van der Waals surface area contributed by atoms with Crippen LogP contribution in [0.2, 0.25) is 0 Å². The van der Waals surface area contributed by atoms with Crippen LogP contribution >= 0.6 is 27.5 Å². The molecule has 0 aliphatic heterocycles. The van der Waals surface area contributed by atoms with Gasteiger partial charge >= 0.3 is 0 Å². The topological polar surface area (TPSA) is 12.0 Å². The van der Waals surface area contributed by atoms with Crippen LogP contribution in [0.3, 0.4) is 0 Å². The molecule has 70 valence electrons. The number of hydrogen-bond acceptors (Lipinski definition) is 1. The number of hydrogen-bond donors (Lipinski definition) is 1. The molecule has 0 aromatic heterocycles. The summed E-state index contributed by atoms with van der Waals surface area (Å²) in [6.45, 7) is 0.627. The highest BCUT2D eigenvalue weighted by Gasteiger charge is 1.98. The molecule has 0 bridgehead atoms. The second-order valence-corrected chi connectivity index (χ2v) is 3.48. The Balaban J connectivity index is 2.63. The van der Waals surface area contributed by atoms with Crippen LogP contribution in [-0.2, 0) is 0 Å². The minimum absolute atomic E-state index is 0.265. The smallest absolute Gasteiger partial charge is 0.137 e. The Morgan fingerprint density at radius 3 is 2.92 bits per heavy atom. The average molecular weight is 265 g/mol. The summed E-state index contributed by atoms with van der Waals surface area (Å²) in [4.78, 5) is 0. The largest absolute Gasteiger partial charge is 0.381 e. The Morgan fingerprint density at radius 2 is 2.31 bits per heavy atom. The number of halogens is 3. The van der Waals surface area contributed by atoms with E-state index in [-0.39, 0.29) is 5.82 Å². The van der Waals surface area contributed by atoms with Gasteiger partial charge in [0.15, 0.2) is 0 Å². The molecule has 0 aliphatic carbocycles. The summed E-state index contributed by atoms with van der Waals surface area (Å²) >= 11 is 8.43. The maximum Gasteiger partial charge on any atom is 0.137 e. The molecule has 0 spiro atoms. The first kappa shape index (κ1) is 10.5. The van der Waals surface area contributed by atoms with Gasteiger partial charge in [-0.05, 0) is 34.1 Å². The second-order valence-electron chi connectivity index (χ2n) is 2.37. The fourth-order valence-electron chi connectivity index (χ4n) is 0.827. The predicted octanol–water partition coefficient (Wildman–Crippen LogP) is 3.75. The SMILES string of the molecule is Fc1ccc(NC/C=C/Cl)cc1Br. The van der Waals surface area contributed by atoms with E-state index in [0.29, 0.717) is 11.0 Å². The van der Waals surface area contributed by atoms with Gasteiger partial charge in [-0.25, -0.2) is 4.39 Å². The van der Waals surface area contributed by atoms with E-state index in [1.807, 2.05) is 0 Å². The highest BCUT2D eigenvalue weighted by atomic mass is 79.9. The summed E-state index contributed by atoms with van der Waals surface area (Å²) in [5.74, 6) is -0.265. The van der Waals surface area contributed by atoms with E-state index in [4.69, 9.17) is 11.6 Å². The number of rotatable bonds is 3. The fourth-order valence-corrected chi connectivity index (χ4v) is 1.30. The summed E-state index contributed by atoms with van der Waals surface area (Å²) in [6, 6.07) is 4.75. The van der Waals surface area contributed by atoms with Gasteiger partial charge in [0.1, 0.15) is 5.82 Å². The van der Waals surface area contributed by atoms with Gasteiger partial charge in [-0.15, -0.1) is 0 Å². The van der Waals surface area contributed by atoms with Crippen molar-refractivity contribution in [1.29, 1.82) is 0 Å². The Kier molecular flexibility index (Phi) is 4.25. The molecule has 1 aromatic rings. The van der Waals surface area contributed by atoms with Crippen LogP contribution in [0.4, 0.5) is 10.1 Å². The molecule has 0 saturated carbocycles. The second kappa shape index (κ2) is 5.25. The first-order chi connectivity index (χ1) is 6.24. The van der Waals surface area contributed by atoms with Crippen LogP contribution in [0, 0.1) is 5.82 Å². The summed E-state index contributed by atoms with van der Waals surface area (Å²) in [5.41, 5.74) is 2.29. The molecule has 0 amide bonds. The molecule has 1 rings (SSSR count). The van der Waals surface area contributed by atoms with Crippen molar-refractivity contribution in [3.63, 3.8) is 0 Å². The lowest BCUT2D eigenvalue weighted by atomic mass is 10.3. The monoisotopic (exact) mass is 263 g/mol. The van der Waals surface area contributed by atoms with E-state index < -0.39 is 0 Å². The van der Waals surface area contributed by atoms with Crippen LogP contribution in [0.5, 0.6) is 0 Å². The van der Waals surface area contributed by atoms with Crippen molar-refractivity contribution in [3.8, 4) is 0 Å². The molecule has 0 heterocycles.